The molecule has 2 aromatic rings. The Morgan fingerprint density at radius 3 is 2.80 bits per heavy atom. The molecule has 0 spiro atoms. The fourth-order valence-electron chi connectivity index (χ4n) is 1.54. The fraction of sp³-hybridized carbons (Fsp3) is 0.250. The molecule has 0 atom stereocenters. The topological polar surface area (TPSA) is 29.3 Å². The van der Waals surface area contributed by atoms with Crippen LogP contribution >= 0.6 is 0 Å². The van der Waals surface area contributed by atoms with Crippen molar-refractivity contribution in [1.29, 1.82) is 0 Å². The Labute approximate surface area is 89.4 Å². The lowest BCUT2D eigenvalue weighted by molar-refractivity contribution is 0.402. The summed E-state index contributed by atoms with van der Waals surface area (Å²) in [5, 5.41) is 0. The minimum absolute atomic E-state index is 0.826. The molecule has 0 radical (unpaired) electrons. The van der Waals surface area contributed by atoms with Crippen LogP contribution in [0.5, 0.6) is 0 Å². The van der Waals surface area contributed by atoms with Crippen LogP contribution in [0.4, 0.5) is 0 Å². The highest BCUT2D eigenvalue weighted by atomic mass is 16.3. The second-order valence-corrected chi connectivity index (χ2v) is 3.73. The van der Waals surface area contributed by atoms with E-state index >= 15 is 0 Å². The summed E-state index contributed by atoms with van der Waals surface area (Å²) in [6.07, 6.45) is 3.46. The van der Waals surface area contributed by atoms with Gasteiger partial charge in [-0.3, -0.25) is 4.98 Å². The number of hydrogen-bond acceptors (Lipinski definition) is 3. The van der Waals surface area contributed by atoms with Crippen molar-refractivity contribution < 1.29 is 4.42 Å². The van der Waals surface area contributed by atoms with Crippen molar-refractivity contribution in [2.75, 3.05) is 14.1 Å². The lowest BCUT2D eigenvalue weighted by atomic mass is 10.1. The van der Waals surface area contributed by atoms with Crippen LogP contribution in [0.25, 0.3) is 11.5 Å². The van der Waals surface area contributed by atoms with E-state index in [2.05, 4.69) is 16.0 Å². The summed E-state index contributed by atoms with van der Waals surface area (Å²) in [4.78, 5) is 6.47. The highest BCUT2D eigenvalue weighted by molar-refractivity contribution is 5.56. The van der Waals surface area contributed by atoms with Crippen molar-refractivity contribution in [2.24, 2.45) is 0 Å². The molecule has 0 aliphatic carbocycles. The van der Waals surface area contributed by atoms with Crippen LogP contribution in [0.3, 0.4) is 0 Å². The van der Waals surface area contributed by atoms with E-state index < -0.39 is 0 Å². The minimum atomic E-state index is 0.826. The third kappa shape index (κ3) is 2.25. The normalized spacial score (nSPS) is 10.9. The quantitative estimate of drug-likeness (QED) is 0.765. The highest BCUT2D eigenvalue weighted by Gasteiger charge is 2.08. The lowest BCUT2D eigenvalue weighted by Crippen LogP contribution is -2.11. The summed E-state index contributed by atoms with van der Waals surface area (Å²) in [6, 6.07) is 7.83. The molecule has 2 heterocycles. The molecule has 0 aliphatic heterocycles. The van der Waals surface area contributed by atoms with Gasteiger partial charge in [0.2, 0.25) is 0 Å². The maximum absolute atomic E-state index is 5.36. The first kappa shape index (κ1) is 9.93. The average Bonchev–Trinajstić information content (AvgIpc) is 2.70. The van der Waals surface area contributed by atoms with E-state index in [0.29, 0.717) is 0 Å². The van der Waals surface area contributed by atoms with Crippen LogP contribution in [-0.4, -0.2) is 24.0 Å². The fourth-order valence-corrected chi connectivity index (χ4v) is 1.54. The second kappa shape index (κ2) is 4.28. The molecule has 0 unspecified atom stereocenters. The molecule has 0 saturated carbocycles. The van der Waals surface area contributed by atoms with Crippen molar-refractivity contribution >= 4 is 0 Å². The third-order valence-corrected chi connectivity index (χ3v) is 2.13. The monoisotopic (exact) mass is 202 g/mol. The van der Waals surface area contributed by atoms with Gasteiger partial charge in [-0.15, -0.1) is 0 Å². The predicted molar refractivity (Wildman–Crippen MR) is 59.3 cm³/mol. The summed E-state index contributed by atoms with van der Waals surface area (Å²) >= 11 is 0. The number of rotatable bonds is 3. The van der Waals surface area contributed by atoms with Crippen LogP contribution in [-0.2, 0) is 6.54 Å². The average molecular weight is 202 g/mol. The smallest absolute Gasteiger partial charge is 0.152 e. The van der Waals surface area contributed by atoms with Gasteiger partial charge in [-0.25, -0.2) is 0 Å². The highest BCUT2D eigenvalue weighted by Crippen LogP contribution is 2.21. The van der Waals surface area contributed by atoms with Gasteiger partial charge >= 0.3 is 0 Å². The number of hydrogen-bond donors (Lipinski definition) is 0. The Morgan fingerprint density at radius 2 is 2.13 bits per heavy atom. The molecule has 0 saturated heterocycles. The van der Waals surface area contributed by atoms with Crippen LogP contribution < -0.4 is 0 Å². The van der Waals surface area contributed by atoms with Crippen molar-refractivity contribution in [3.05, 3.63) is 42.3 Å². The summed E-state index contributed by atoms with van der Waals surface area (Å²) < 4.78 is 5.36. The van der Waals surface area contributed by atoms with Gasteiger partial charge in [0.1, 0.15) is 5.69 Å². The van der Waals surface area contributed by atoms with E-state index in [0.717, 1.165) is 18.0 Å². The molecule has 0 aliphatic rings. The Kier molecular flexibility index (Phi) is 2.83. The third-order valence-electron chi connectivity index (χ3n) is 2.13. The van der Waals surface area contributed by atoms with Crippen LogP contribution in [0.1, 0.15) is 5.56 Å². The van der Waals surface area contributed by atoms with Gasteiger partial charge in [0.25, 0.3) is 0 Å². The zero-order valence-corrected chi connectivity index (χ0v) is 8.97. The molecule has 3 nitrogen and oxygen atoms in total. The van der Waals surface area contributed by atoms with Gasteiger partial charge in [0, 0.05) is 12.7 Å². The van der Waals surface area contributed by atoms with Gasteiger partial charge in [-0.05, 0) is 37.9 Å². The van der Waals surface area contributed by atoms with Crippen molar-refractivity contribution in [1.82, 2.24) is 9.88 Å². The molecular formula is C12H14N2O. The van der Waals surface area contributed by atoms with Crippen molar-refractivity contribution in [2.45, 2.75) is 6.54 Å². The Bertz CT molecular complexity index is 421. The minimum Gasteiger partial charge on any atom is -0.463 e. The Hall–Kier alpha value is -1.61. The first-order valence-corrected chi connectivity index (χ1v) is 4.90. The summed E-state index contributed by atoms with van der Waals surface area (Å²) in [5.41, 5.74) is 2.11. The van der Waals surface area contributed by atoms with Crippen LogP contribution in [0.2, 0.25) is 0 Å². The zero-order chi connectivity index (χ0) is 10.7. The molecule has 0 bridgehead atoms. The standard InChI is InChI=1S/C12H14N2O/c1-14(2)9-10-5-3-7-13-12(10)11-6-4-8-15-11/h3-8H,9H2,1-2H3. The van der Waals surface area contributed by atoms with E-state index in [1.807, 2.05) is 32.3 Å². The molecule has 0 fully saturated rings. The summed E-state index contributed by atoms with van der Waals surface area (Å²) in [7, 11) is 4.08. The van der Waals surface area contributed by atoms with Crippen LogP contribution in [0, 0.1) is 0 Å². The Balaban J connectivity index is 2.38. The molecular weight excluding hydrogens is 188 g/mol. The molecule has 15 heavy (non-hydrogen) atoms. The van der Waals surface area contributed by atoms with E-state index in [9.17, 15) is 0 Å². The summed E-state index contributed by atoms with van der Waals surface area (Å²) in [5.74, 6) is 0.826. The number of nitrogens with zero attached hydrogens (tertiary/aromatic N) is 2. The van der Waals surface area contributed by atoms with Gasteiger partial charge < -0.3 is 9.32 Å². The SMILES string of the molecule is CN(C)Cc1cccnc1-c1ccco1. The molecule has 0 N–H and O–H groups in total. The molecule has 2 rings (SSSR count). The predicted octanol–water partition coefficient (Wildman–Crippen LogP) is 2.40. The van der Waals surface area contributed by atoms with Crippen molar-refractivity contribution in [3.63, 3.8) is 0 Å². The number of pyridine rings is 1. The maximum Gasteiger partial charge on any atom is 0.152 e. The number of aromatic nitrogens is 1. The largest absolute Gasteiger partial charge is 0.463 e. The van der Waals surface area contributed by atoms with E-state index in [4.69, 9.17) is 4.42 Å². The second-order valence-electron chi connectivity index (χ2n) is 3.73. The first-order chi connectivity index (χ1) is 7.27. The Morgan fingerprint density at radius 1 is 1.27 bits per heavy atom. The van der Waals surface area contributed by atoms with E-state index in [1.165, 1.54) is 5.56 Å². The first-order valence-electron chi connectivity index (χ1n) is 4.90. The molecule has 3 heteroatoms. The van der Waals surface area contributed by atoms with Gasteiger partial charge in [-0.1, -0.05) is 6.07 Å². The zero-order valence-electron chi connectivity index (χ0n) is 8.97. The van der Waals surface area contributed by atoms with E-state index in [1.54, 1.807) is 12.5 Å². The molecule has 0 aromatic carbocycles. The van der Waals surface area contributed by atoms with Crippen molar-refractivity contribution in [3.8, 4) is 11.5 Å². The summed E-state index contributed by atoms with van der Waals surface area (Å²) in [6.45, 7) is 0.865. The van der Waals surface area contributed by atoms with Gasteiger partial charge in [-0.2, -0.15) is 0 Å². The number of furan rings is 1. The van der Waals surface area contributed by atoms with Gasteiger partial charge in [0.15, 0.2) is 5.76 Å². The molecule has 78 valence electrons. The maximum atomic E-state index is 5.36. The van der Waals surface area contributed by atoms with Gasteiger partial charge in [0.05, 0.1) is 6.26 Å². The van der Waals surface area contributed by atoms with Crippen LogP contribution in [0.15, 0.2) is 41.1 Å². The lowest BCUT2D eigenvalue weighted by Gasteiger charge is -2.11. The molecule has 2 aromatic heterocycles. The van der Waals surface area contributed by atoms with E-state index in [-0.39, 0.29) is 0 Å². The molecule has 0 amide bonds.